The first-order chi connectivity index (χ1) is 11.5. The number of carbonyl (C=O) groups excluding carboxylic acids is 2. The van der Waals surface area contributed by atoms with E-state index in [9.17, 15) is 9.59 Å². The van der Waals surface area contributed by atoms with E-state index in [-0.39, 0.29) is 17.7 Å². The van der Waals surface area contributed by atoms with Gasteiger partial charge in [0.15, 0.2) is 0 Å². The van der Waals surface area contributed by atoms with Gasteiger partial charge in [-0.25, -0.2) is 0 Å². The Hall–Kier alpha value is -1.55. The first-order valence-electron chi connectivity index (χ1n) is 8.88. The molecule has 0 atom stereocenters. The molecule has 4 nitrogen and oxygen atoms in total. The quantitative estimate of drug-likeness (QED) is 0.821. The van der Waals surface area contributed by atoms with Gasteiger partial charge in [0.2, 0.25) is 5.91 Å². The summed E-state index contributed by atoms with van der Waals surface area (Å²) in [6.07, 6.45) is 3.74. The van der Waals surface area contributed by atoms with E-state index in [2.05, 4.69) is 6.92 Å². The summed E-state index contributed by atoms with van der Waals surface area (Å²) in [6, 6.07) is 7.06. The monoisotopic (exact) mass is 348 g/mol. The molecule has 2 saturated heterocycles. The van der Waals surface area contributed by atoms with Gasteiger partial charge in [0, 0.05) is 42.7 Å². The van der Waals surface area contributed by atoms with Gasteiger partial charge in [-0.05, 0) is 49.8 Å². The van der Waals surface area contributed by atoms with Gasteiger partial charge in [-0.1, -0.05) is 24.6 Å². The zero-order valence-electron chi connectivity index (χ0n) is 14.2. The predicted molar refractivity (Wildman–Crippen MR) is 95.1 cm³/mol. The van der Waals surface area contributed by atoms with Crippen LogP contribution < -0.4 is 0 Å². The standard InChI is InChI=1S/C19H25ClN2O2/c1-14-5-9-21(10-6-14)18(23)15-7-11-22(12-8-15)19(24)16-3-2-4-17(20)13-16/h2-4,13-15H,5-12H2,1H3. The maximum Gasteiger partial charge on any atom is 0.253 e. The molecule has 0 aromatic heterocycles. The second-order valence-corrected chi connectivity index (χ2v) is 7.52. The molecule has 130 valence electrons. The first kappa shape index (κ1) is 17.3. The molecule has 0 radical (unpaired) electrons. The lowest BCUT2D eigenvalue weighted by Crippen LogP contribution is -2.46. The Morgan fingerprint density at radius 3 is 2.25 bits per heavy atom. The van der Waals surface area contributed by atoms with Crippen LogP contribution in [0.15, 0.2) is 24.3 Å². The lowest BCUT2D eigenvalue weighted by atomic mass is 9.92. The molecule has 0 unspecified atom stereocenters. The third-order valence-corrected chi connectivity index (χ3v) is 5.53. The molecule has 2 aliphatic rings. The number of piperidine rings is 2. The number of hydrogen-bond acceptors (Lipinski definition) is 2. The molecule has 0 saturated carbocycles. The van der Waals surface area contributed by atoms with Crippen molar-refractivity contribution in [2.45, 2.75) is 32.6 Å². The molecule has 1 aromatic carbocycles. The predicted octanol–water partition coefficient (Wildman–Crippen LogP) is 3.45. The highest BCUT2D eigenvalue weighted by Crippen LogP contribution is 2.24. The van der Waals surface area contributed by atoms with Crippen molar-refractivity contribution in [3.8, 4) is 0 Å². The molecular weight excluding hydrogens is 324 g/mol. The summed E-state index contributed by atoms with van der Waals surface area (Å²) < 4.78 is 0. The number of amides is 2. The summed E-state index contributed by atoms with van der Waals surface area (Å²) in [7, 11) is 0. The third kappa shape index (κ3) is 3.92. The highest BCUT2D eigenvalue weighted by atomic mass is 35.5. The van der Waals surface area contributed by atoms with E-state index in [0.29, 0.717) is 23.7 Å². The minimum Gasteiger partial charge on any atom is -0.342 e. The van der Waals surface area contributed by atoms with E-state index in [1.54, 1.807) is 24.3 Å². The molecular formula is C19H25ClN2O2. The third-order valence-electron chi connectivity index (χ3n) is 5.30. The van der Waals surface area contributed by atoms with Crippen LogP contribution in [0.1, 0.15) is 43.0 Å². The van der Waals surface area contributed by atoms with Gasteiger partial charge in [0.25, 0.3) is 5.91 Å². The van der Waals surface area contributed by atoms with Crippen molar-refractivity contribution in [2.75, 3.05) is 26.2 Å². The zero-order chi connectivity index (χ0) is 17.1. The summed E-state index contributed by atoms with van der Waals surface area (Å²) in [5.74, 6) is 1.10. The number of benzene rings is 1. The van der Waals surface area contributed by atoms with Gasteiger partial charge in [-0.3, -0.25) is 9.59 Å². The minimum atomic E-state index is 0.00944. The van der Waals surface area contributed by atoms with Gasteiger partial charge >= 0.3 is 0 Å². The molecule has 5 heteroatoms. The Labute approximate surface area is 148 Å². The van der Waals surface area contributed by atoms with Gasteiger partial charge in [-0.2, -0.15) is 0 Å². The highest BCUT2D eigenvalue weighted by Gasteiger charge is 2.31. The van der Waals surface area contributed by atoms with Gasteiger partial charge in [0.05, 0.1) is 0 Å². The number of hydrogen-bond donors (Lipinski definition) is 0. The zero-order valence-corrected chi connectivity index (χ0v) is 15.0. The summed E-state index contributed by atoms with van der Waals surface area (Å²) in [6.45, 7) is 5.32. The van der Waals surface area contributed by atoms with Crippen LogP contribution in [0, 0.1) is 11.8 Å². The fraction of sp³-hybridized carbons (Fsp3) is 0.579. The summed E-state index contributed by atoms with van der Waals surface area (Å²) in [5.41, 5.74) is 0.622. The molecule has 3 rings (SSSR count). The Bertz CT molecular complexity index is 603. The van der Waals surface area contributed by atoms with Crippen molar-refractivity contribution in [3.05, 3.63) is 34.9 Å². The minimum absolute atomic E-state index is 0.00944. The van der Waals surface area contributed by atoms with Crippen molar-refractivity contribution >= 4 is 23.4 Å². The molecule has 0 spiro atoms. The van der Waals surface area contributed by atoms with Crippen LogP contribution in [0.5, 0.6) is 0 Å². The number of carbonyl (C=O) groups is 2. The molecule has 2 aliphatic heterocycles. The van der Waals surface area contributed by atoms with Crippen LogP contribution in [-0.4, -0.2) is 47.8 Å². The molecule has 0 aliphatic carbocycles. The molecule has 0 N–H and O–H groups in total. The number of nitrogens with zero attached hydrogens (tertiary/aromatic N) is 2. The molecule has 0 bridgehead atoms. The summed E-state index contributed by atoms with van der Waals surface area (Å²) in [5, 5.41) is 0.574. The van der Waals surface area contributed by atoms with Crippen LogP contribution >= 0.6 is 11.6 Å². The van der Waals surface area contributed by atoms with Crippen LogP contribution in [0.3, 0.4) is 0 Å². The normalized spacial score (nSPS) is 20.2. The van der Waals surface area contributed by atoms with Crippen molar-refractivity contribution in [1.29, 1.82) is 0 Å². The largest absolute Gasteiger partial charge is 0.342 e. The average molecular weight is 349 g/mol. The molecule has 24 heavy (non-hydrogen) atoms. The van der Waals surface area contributed by atoms with E-state index in [1.165, 1.54) is 0 Å². The lowest BCUT2D eigenvalue weighted by molar-refractivity contribution is -0.138. The van der Waals surface area contributed by atoms with Crippen molar-refractivity contribution in [2.24, 2.45) is 11.8 Å². The first-order valence-corrected chi connectivity index (χ1v) is 9.26. The Morgan fingerprint density at radius 1 is 1.00 bits per heavy atom. The average Bonchev–Trinajstić information content (AvgIpc) is 2.61. The fourth-order valence-electron chi connectivity index (χ4n) is 3.62. The van der Waals surface area contributed by atoms with E-state index >= 15 is 0 Å². The van der Waals surface area contributed by atoms with Crippen LogP contribution in [0.2, 0.25) is 5.02 Å². The summed E-state index contributed by atoms with van der Waals surface area (Å²) in [4.78, 5) is 29.1. The lowest BCUT2D eigenvalue weighted by Gasteiger charge is -2.36. The smallest absolute Gasteiger partial charge is 0.253 e. The van der Waals surface area contributed by atoms with E-state index in [4.69, 9.17) is 11.6 Å². The number of rotatable bonds is 2. The number of halogens is 1. The van der Waals surface area contributed by atoms with Crippen molar-refractivity contribution < 1.29 is 9.59 Å². The Morgan fingerprint density at radius 2 is 1.62 bits per heavy atom. The number of likely N-dealkylation sites (tertiary alicyclic amines) is 2. The Balaban J connectivity index is 1.54. The second-order valence-electron chi connectivity index (χ2n) is 7.08. The van der Waals surface area contributed by atoms with Crippen LogP contribution in [0.4, 0.5) is 0 Å². The van der Waals surface area contributed by atoms with Gasteiger partial charge in [-0.15, -0.1) is 0 Å². The fourth-order valence-corrected chi connectivity index (χ4v) is 3.81. The molecule has 1 aromatic rings. The topological polar surface area (TPSA) is 40.6 Å². The maximum absolute atomic E-state index is 12.7. The molecule has 2 amide bonds. The van der Waals surface area contributed by atoms with Crippen molar-refractivity contribution in [1.82, 2.24) is 9.80 Å². The van der Waals surface area contributed by atoms with Crippen molar-refractivity contribution in [3.63, 3.8) is 0 Å². The Kier molecular flexibility index (Phi) is 5.44. The van der Waals surface area contributed by atoms with Gasteiger partial charge < -0.3 is 9.80 Å². The summed E-state index contributed by atoms with van der Waals surface area (Å²) >= 11 is 5.97. The van der Waals surface area contributed by atoms with E-state index in [0.717, 1.165) is 44.7 Å². The highest BCUT2D eigenvalue weighted by molar-refractivity contribution is 6.30. The van der Waals surface area contributed by atoms with E-state index < -0.39 is 0 Å². The maximum atomic E-state index is 12.7. The van der Waals surface area contributed by atoms with E-state index in [1.807, 2.05) is 9.80 Å². The second kappa shape index (κ2) is 7.56. The van der Waals surface area contributed by atoms with Crippen LogP contribution in [-0.2, 0) is 4.79 Å². The molecule has 2 heterocycles. The van der Waals surface area contributed by atoms with Gasteiger partial charge in [0.1, 0.15) is 0 Å². The SMILES string of the molecule is CC1CCN(C(=O)C2CCN(C(=O)c3cccc(Cl)c3)CC2)CC1. The van der Waals surface area contributed by atoms with Crippen LogP contribution in [0.25, 0.3) is 0 Å². The molecule has 2 fully saturated rings.